The highest BCUT2D eigenvalue weighted by Gasteiger charge is 2.45. The normalized spacial score (nSPS) is 15.8. The molecule has 1 atom stereocenters. The van der Waals surface area contributed by atoms with Gasteiger partial charge in [0.25, 0.3) is 5.91 Å². The minimum Gasteiger partial charge on any atom is -0.503 e. The summed E-state index contributed by atoms with van der Waals surface area (Å²) < 4.78 is 11.3. The van der Waals surface area contributed by atoms with Gasteiger partial charge in [0, 0.05) is 21.1 Å². The first-order valence-corrected chi connectivity index (χ1v) is 11.6. The van der Waals surface area contributed by atoms with Crippen molar-refractivity contribution in [2.45, 2.75) is 13.0 Å². The van der Waals surface area contributed by atoms with E-state index in [1.165, 1.54) is 4.90 Å². The molecule has 2 heterocycles. The molecular weight excluding hydrogens is 489 g/mol. The Labute approximate surface area is 210 Å². The molecule has 0 radical (unpaired) electrons. The third-order valence-corrected chi connectivity index (χ3v) is 6.22. The molecule has 0 saturated heterocycles. The van der Waals surface area contributed by atoms with Crippen LogP contribution in [0.1, 0.15) is 29.1 Å². The van der Waals surface area contributed by atoms with Gasteiger partial charge in [0.05, 0.1) is 18.2 Å². The molecule has 5 rings (SSSR count). The number of anilines is 1. The molecule has 0 fully saturated rings. The number of rotatable bonds is 6. The minimum atomic E-state index is -0.916. The van der Waals surface area contributed by atoms with E-state index in [-0.39, 0.29) is 11.3 Å². The van der Waals surface area contributed by atoms with Crippen molar-refractivity contribution in [3.63, 3.8) is 0 Å². The highest BCUT2D eigenvalue weighted by molar-refractivity contribution is 6.31. The lowest BCUT2D eigenvalue weighted by Crippen LogP contribution is -2.31. The third-order valence-electron chi connectivity index (χ3n) is 5.75. The van der Waals surface area contributed by atoms with E-state index in [2.05, 4.69) is 0 Å². The van der Waals surface area contributed by atoms with Crippen LogP contribution < -0.4 is 9.64 Å². The molecule has 1 aromatic heterocycles. The largest absolute Gasteiger partial charge is 0.503 e. The van der Waals surface area contributed by atoms with E-state index < -0.39 is 23.5 Å². The van der Waals surface area contributed by atoms with Gasteiger partial charge >= 0.3 is 0 Å². The zero-order valence-electron chi connectivity index (χ0n) is 18.5. The van der Waals surface area contributed by atoms with Gasteiger partial charge in [0.15, 0.2) is 11.5 Å². The number of aliphatic hydroxyl groups excluding tert-OH is 1. The van der Waals surface area contributed by atoms with Gasteiger partial charge in [-0.2, -0.15) is 0 Å². The first kappa shape index (κ1) is 23.0. The maximum absolute atomic E-state index is 13.7. The molecule has 35 heavy (non-hydrogen) atoms. The average molecular weight is 508 g/mol. The van der Waals surface area contributed by atoms with Gasteiger partial charge in [-0.15, -0.1) is 0 Å². The maximum Gasteiger partial charge on any atom is 0.294 e. The maximum atomic E-state index is 13.7. The number of nitrogens with zero attached hydrogens (tertiary/aromatic N) is 1. The number of carbonyl (C=O) groups excluding carboxylic acids is 2. The Morgan fingerprint density at radius 3 is 2.49 bits per heavy atom. The van der Waals surface area contributed by atoms with E-state index in [9.17, 15) is 14.7 Å². The Morgan fingerprint density at radius 2 is 1.77 bits per heavy atom. The Kier molecular flexibility index (Phi) is 6.01. The van der Waals surface area contributed by atoms with Crippen LogP contribution in [0, 0.1) is 0 Å². The summed E-state index contributed by atoms with van der Waals surface area (Å²) in [5.41, 5.74) is 1.41. The molecule has 8 heteroatoms. The molecule has 0 spiro atoms. The number of ether oxygens (including phenoxy) is 1. The number of Topliss-reactive ketones (excluding diaryl/α,β-unsaturated/α-hetero) is 1. The van der Waals surface area contributed by atoms with E-state index in [4.69, 9.17) is 32.4 Å². The molecule has 1 aliphatic rings. The summed E-state index contributed by atoms with van der Waals surface area (Å²) >= 11 is 12.3. The molecule has 1 aliphatic heterocycles. The van der Waals surface area contributed by atoms with Gasteiger partial charge in [-0.1, -0.05) is 41.4 Å². The van der Waals surface area contributed by atoms with Gasteiger partial charge in [0.2, 0.25) is 5.78 Å². The van der Waals surface area contributed by atoms with Gasteiger partial charge in [-0.3, -0.25) is 14.5 Å². The Morgan fingerprint density at radius 1 is 1.03 bits per heavy atom. The summed E-state index contributed by atoms with van der Waals surface area (Å²) in [5.74, 6) is -1.33. The van der Waals surface area contributed by atoms with Crippen molar-refractivity contribution in [3.8, 4) is 5.75 Å². The quantitative estimate of drug-likeness (QED) is 0.286. The van der Waals surface area contributed by atoms with Crippen LogP contribution in [0.2, 0.25) is 10.0 Å². The van der Waals surface area contributed by atoms with Crippen LogP contribution in [0.15, 0.2) is 88.5 Å². The fraction of sp³-hybridized carbons (Fsp3) is 0.111. The van der Waals surface area contributed by atoms with E-state index in [1.54, 1.807) is 72.8 Å². The van der Waals surface area contributed by atoms with Gasteiger partial charge in [-0.05, 0) is 67.1 Å². The number of amides is 1. The Balaban J connectivity index is 1.64. The van der Waals surface area contributed by atoms with Crippen molar-refractivity contribution in [3.05, 3.63) is 105 Å². The molecule has 3 aromatic carbocycles. The molecule has 1 N–H and O–H groups in total. The van der Waals surface area contributed by atoms with E-state index in [1.807, 2.05) is 6.92 Å². The van der Waals surface area contributed by atoms with Crippen molar-refractivity contribution in [2.24, 2.45) is 0 Å². The number of hydrogen-bond donors (Lipinski definition) is 1. The topological polar surface area (TPSA) is 80.0 Å². The fourth-order valence-corrected chi connectivity index (χ4v) is 4.58. The van der Waals surface area contributed by atoms with Crippen LogP contribution in [0.25, 0.3) is 11.0 Å². The molecule has 0 aliphatic carbocycles. The average Bonchev–Trinajstić information content (AvgIpc) is 3.38. The van der Waals surface area contributed by atoms with Crippen LogP contribution >= 0.6 is 23.2 Å². The zero-order valence-corrected chi connectivity index (χ0v) is 20.0. The summed E-state index contributed by atoms with van der Waals surface area (Å²) in [4.78, 5) is 28.3. The van der Waals surface area contributed by atoms with Gasteiger partial charge in [-0.25, -0.2) is 0 Å². The molecule has 4 aromatic rings. The second kappa shape index (κ2) is 9.13. The highest BCUT2D eigenvalue weighted by Crippen LogP contribution is 2.43. The third kappa shape index (κ3) is 4.16. The summed E-state index contributed by atoms with van der Waals surface area (Å²) in [6.45, 7) is 2.37. The SMILES string of the molecule is CCOc1ccc(C2C(C(=O)c3cc4cc(Cl)ccc4o3)=C(O)C(=O)N2c2cccc(Cl)c2)cc1. The van der Waals surface area contributed by atoms with Crippen LogP contribution in [0.3, 0.4) is 0 Å². The minimum absolute atomic E-state index is 0.0134. The second-order valence-corrected chi connectivity index (χ2v) is 8.82. The standard InChI is InChI=1S/C27H19Cl2NO5/c1-2-34-20-9-6-15(7-10-20)24-23(25(31)22-13-16-12-18(29)8-11-21(16)35-22)26(32)27(33)30(24)19-5-3-4-17(28)14-19/h3-14,24,32H,2H2,1H3. The van der Waals surface area contributed by atoms with E-state index in [0.29, 0.717) is 44.6 Å². The van der Waals surface area contributed by atoms with Crippen molar-refractivity contribution in [1.29, 1.82) is 0 Å². The molecule has 1 amide bonds. The smallest absolute Gasteiger partial charge is 0.294 e. The number of furan rings is 1. The first-order valence-electron chi connectivity index (χ1n) is 10.9. The van der Waals surface area contributed by atoms with Gasteiger partial charge < -0.3 is 14.3 Å². The number of ketones is 1. The Bertz CT molecular complexity index is 1490. The zero-order chi connectivity index (χ0) is 24.7. The summed E-state index contributed by atoms with van der Waals surface area (Å²) in [6, 6.07) is 19.3. The molecule has 176 valence electrons. The van der Waals surface area contributed by atoms with Crippen LogP contribution in [0.4, 0.5) is 5.69 Å². The fourth-order valence-electron chi connectivity index (χ4n) is 4.22. The molecule has 1 unspecified atom stereocenters. The van der Waals surface area contributed by atoms with E-state index in [0.717, 1.165) is 0 Å². The number of halogens is 2. The van der Waals surface area contributed by atoms with Crippen molar-refractivity contribution in [2.75, 3.05) is 11.5 Å². The molecule has 0 bridgehead atoms. The molecular formula is C27H19Cl2NO5. The predicted octanol–water partition coefficient (Wildman–Crippen LogP) is 6.92. The summed E-state index contributed by atoms with van der Waals surface area (Å²) in [7, 11) is 0. The van der Waals surface area contributed by atoms with Crippen molar-refractivity contribution in [1.82, 2.24) is 0 Å². The van der Waals surface area contributed by atoms with E-state index >= 15 is 0 Å². The monoisotopic (exact) mass is 507 g/mol. The number of aliphatic hydroxyl groups is 1. The molecule has 0 saturated carbocycles. The number of fused-ring (bicyclic) bond motifs is 1. The Hall–Kier alpha value is -3.74. The van der Waals surface area contributed by atoms with Crippen molar-refractivity contribution >= 4 is 51.5 Å². The number of carbonyl (C=O) groups is 2. The number of hydrogen-bond acceptors (Lipinski definition) is 5. The summed E-state index contributed by atoms with van der Waals surface area (Å²) in [5, 5.41) is 12.5. The first-order chi connectivity index (χ1) is 16.9. The van der Waals surface area contributed by atoms with Crippen LogP contribution in [-0.4, -0.2) is 23.4 Å². The van der Waals surface area contributed by atoms with Gasteiger partial charge in [0.1, 0.15) is 11.3 Å². The number of benzene rings is 3. The predicted molar refractivity (Wildman–Crippen MR) is 134 cm³/mol. The summed E-state index contributed by atoms with van der Waals surface area (Å²) in [6.07, 6.45) is 0. The highest BCUT2D eigenvalue weighted by atomic mass is 35.5. The van der Waals surface area contributed by atoms with Crippen LogP contribution in [0.5, 0.6) is 5.75 Å². The lowest BCUT2D eigenvalue weighted by Gasteiger charge is -2.27. The second-order valence-electron chi connectivity index (χ2n) is 7.94. The lowest BCUT2D eigenvalue weighted by atomic mass is 9.94. The lowest BCUT2D eigenvalue weighted by molar-refractivity contribution is -0.117. The van der Waals surface area contributed by atoms with Crippen LogP contribution in [-0.2, 0) is 4.79 Å². The van der Waals surface area contributed by atoms with Crippen molar-refractivity contribution < 1.29 is 23.8 Å². The molecule has 6 nitrogen and oxygen atoms in total.